The lowest BCUT2D eigenvalue weighted by Crippen LogP contribution is -2.53. The number of rotatable bonds is 0. The van der Waals surface area contributed by atoms with Crippen molar-refractivity contribution in [2.24, 2.45) is 34.5 Å². The maximum atomic E-state index is 12.4. The molecule has 21 heavy (non-hydrogen) atoms. The summed E-state index contributed by atoms with van der Waals surface area (Å²) in [5.41, 5.74) is 0.551. The van der Waals surface area contributed by atoms with Crippen LogP contribution >= 0.6 is 11.6 Å². The third kappa shape index (κ3) is 1.92. The molecule has 4 saturated carbocycles. The van der Waals surface area contributed by atoms with Gasteiger partial charge in [0.1, 0.15) is 5.78 Å². The van der Waals surface area contributed by atoms with E-state index in [4.69, 9.17) is 11.6 Å². The molecule has 0 spiro atoms. The van der Waals surface area contributed by atoms with Gasteiger partial charge in [-0.05, 0) is 80.5 Å². The molecule has 0 amide bonds. The fourth-order valence-electron chi connectivity index (χ4n) is 6.98. The number of carbonyl (C=O) groups is 1. The van der Waals surface area contributed by atoms with Crippen LogP contribution in [-0.2, 0) is 4.79 Å². The molecule has 7 atom stereocenters. The van der Waals surface area contributed by atoms with E-state index in [1.807, 2.05) is 0 Å². The summed E-state index contributed by atoms with van der Waals surface area (Å²) in [6, 6.07) is 0. The molecule has 118 valence electrons. The Labute approximate surface area is 134 Å². The minimum atomic E-state index is 0.0358. The van der Waals surface area contributed by atoms with Crippen LogP contribution in [-0.4, -0.2) is 11.2 Å². The van der Waals surface area contributed by atoms with Gasteiger partial charge in [0.25, 0.3) is 0 Å². The Morgan fingerprint density at radius 3 is 2.62 bits per heavy atom. The van der Waals surface area contributed by atoms with Gasteiger partial charge < -0.3 is 0 Å². The number of halogens is 1. The molecule has 4 aliphatic rings. The zero-order chi connectivity index (χ0) is 14.8. The zero-order valence-corrected chi connectivity index (χ0v) is 14.3. The predicted molar refractivity (Wildman–Crippen MR) is 86.4 cm³/mol. The standard InChI is InChI=1S/C19H29ClO/c1-18-9-7-13(20)11-12(18)3-4-14-15-5-6-17(21)19(15,2)10-8-16(14)18/h12-16H,3-11H2,1-2H3/t12-,13+,14+,15+,16+,18-,19-/m0/s1. The Morgan fingerprint density at radius 1 is 1.00 bits per heavy atom. The van der Waals surface area contributed by atoms with E-state index < -0.39 is 0 Å². The molecule has 1 nitrogen and oxygen atoms in total. The van der Waals surface area contributed by atoms with Crippen LogP contribution in [0.3, 0.4) is 0 Å². The lowest BCUT2D eigenvalue weighted by atomic mass is 9.45. The van der Waals surface area contributed by atoms with Crippen molar-refractivity contribution < 1.29 is 4.79 Å². The number of hydrogen-bond donors (Lipinski definition) is 0. The van der Waals surface area contributed by atoms with Crippen molar-refractivity contribution in [1.82, 2.24) is 0 Å². The van der Waals surface area contributed by atoms with E-state index >= 15 is 0 Å². The number of ketones is 1. The summed E-state index contributed by atoms with van der Waals surface area (Å²) < 4.78 is 0. The monoisotopic (exact) mass is 308 g/mol. The number of hydrogen-bond acceptors (Lipinski definition) is 1. The van der Waals surface area contributed by atoms with Gasteiger partial charge in [0.05, 0.1) is 0 Å². The van der Waals surface area contributed by atoms with Crippen molar-refractivity contribution in [1.29, 1.82) is 0 Å². The second-order valence-corrected chi connectivity index (χ2v) is 9.56. The topological polar surface area (TPSA) is 17.1 Å². The molecule has 0 aliphatic heterocycles. The highest BCUT2D eigenvalue weighted by Crippen LogP contribution is 2.65. The van der Waals surface area contributed by atoms with Gasteiger partial charge in [-0.1, -0.05) is 13.8 Å². The molecule has 4 fully saturated rings. The smallest absolute Gasteiger partial charge is 0.139 e. The van der Waals surface area contributed by atoms with E-state index in [9.17, 15) is 4.79 Å². The average molecular weight is 309 g/mol. The Balaban J connectivity index is 1.64. The number of alkyl halides is 1. The largest absolute Gasteiger partial charge is 0.299 e. The van der Waals surface area contributed by atoms with E-state index in [0.29, 0.717) is 22.5 Å². The van der Waals surface area contributed by atoms with Gasteiger partial charge in [-0.2, -0.15) is 0 Å². The van der Waals surface area contributed by atoms with Gasteiger partial charge in [0.2, 0.25) is 0 Å². The Kier molecular flexibility index (Phi) is 3.27. The summed E-state index contributed by atoms with van der Waals surface area (Å²) in [6.07, 6.45) is 11.0. The van der Waals surface area contributed by atoms with Crippen molar-refractivity contribution >= 4 is 17.4 Å². The zero-order valence-electron chi connectivity index (χ0n) is 13.5. The van der Waals surface area contributed by atoms with E-state index in [-0.39, 0.29) is 5.41 Å². The number of fused-ring (bicyclic) bond motifs is 5. The molecular formula is C19H29ClO. The third-order valence-electron chi connectivity index (χ3n) is 8.31. The normalized spacial score (nSPS) is 56.5. The highest BCUT2D eigenvalue weighted by atomic mass is 35.5. The SMILES string of the molecule is C[C@]12CC[C@@H](Cl)C[C@@H]1CC[C@H]1[C@H]2CC[C@]2(C)C(=O)CC[C@H]12. The lowest BCUT2D eigenvalue weighted by molar-refractivity contribution is -0.138. The second-order valence-electron chi connectivity index (χ2n) is 8.95. The fraction of sp³-hybridized carbons (Fsp3) is 0.947. The first-order valence-electron chi connectivity index (χ1n) is 9.12. The molecule has 0 saturated heterocycles. The van der Waals surface area contributed by atoms with Crippen LogP contribution < -0.4 is 0 Å². The van der Waals surface area contributed by atoms with E-state index in [1.54, 1.807) is 0 Å². The molecule has 0 N–H and O–H groups in total. The van der Waals surface area contributed by atoms with Gasteiger partial charge >= 0.3 is 0 Å². The first-order chi connectivity index (χ1) is 9.95. The number of Topliss-reactive ketones (excluding diaryl/α,β-unsaturated/α-hetero) is 1. The molecule has 0 aromatic heterocycles. The van der Waals surface area contributed by atoms with Crippen LogP contribution in [0.25, 0.3) is 0 Å². The van der Waals surface area contributed by atoms with E-state index in [2.05, 4.69) is 13.8 Å². The molecule has 0 aromatic carbocycles. The molecule has 0 heterocycles. The summed E-state index contributed by atoms with van der Waals surface area (Å²) in [4.78, 5) is 12.4. The van der Waals surface area contributed by atoms with Gasteiger partial charge in [-0.15, -0.1) is 11.6 Å². The molecule has 4 aliphatic carbocycles. The van der Waals surface area contributed by atoms with Gasteiger partial charge in [0, 0.05) is 17.2 Å². The van der Waals surface area contributed by atoms with Crippen molar-refractivity contribution in [3.05, 3.63) is 0 Å². The second kappa shape index (κ2) is 4.73. The van der Waals surface area contributed by atoms with Crippen LogP contribution in [0.15, 0.2) is 0 Å². The van der Waals surface area contributed by atoms with Crippen molar-refractivity contribution in [2.45, 2.75) is 77.0 Å². The third-order valence-corrected chi connectivity index (χ3v) is 8.71. The maximum Gasteiger partial charge on any atom is 0.139 e. The fourth-order valence-corrected chi connectivity index (χ4v) is 7.30. The van der Waals surface area contributed by atoms with Crippen LogP contribution in [0.4, 0.5) is 0 Å². The molecule has 0 radical (unpaired) electrons. The first kappa shape index (κ1) is 14.5. The molecule has 0 aromatic rings. The van der Waals surface area contributed by atoms with Crippen molar-refractivity contribution in [3.63, 3.8) is 0 Å². The van der Waals surface area contributed by atoms with Crippen LogP contribution in [0, 0.1) is 34.5 Å². The van der Waals surface area contributed by atoms with Crippen LogP contribution in [0.1, 0.15) is 71.6 Å². The molecular weight excluding hydrogens is 280 g/mol. The summed E-state index contributed by atoms with van der Waals surface area (Å²) in [5.74, 6) is 3.79. The summed E-state index contributed by atoms with van der Waals surface area (Å²) in [6.45, 7) is 4.85. The maximum absolute atomic E-state index is 12.4. The van der Waals surface area contributed by atoms with Gasteiger partial charge in [-0.3, -0.25) is 4.79 Å². The summed E-state index contributed by atoms with van der Waals surface area (Å²) in [5, 5.41) is 0.418. The van der Waals surface area contributed by atoms with E-state index in [0.717, 1.165) is 30.6 Å². The van der Waals surface area contributed by atoms with Crippen LogP contribution in [0.5, 0.6) is 0 Å². The Hall–Kier alpha value is -0.0400. The van der Waals surface area contributed by atoms with E-state index in [1.165, 1.54) is 44.9 Å². The Bertz CT molecular complexity index is 460. The van der Waals surface area contributed by atoms with Gasteiger partial charge in [0.15, 0.2) is 0 Å². The lowest BCUT2D eigenvalue weighted by Gasteiger charge is -2.60. The molecule has 0 unspecified atom stereocenters. The number of carbonyl (C=O) groups excluding carboxylic acids is 1. The minimum absolute atomic E-state index is 0.0358. The van der Waals surface area contributed by atoms with Gasteiger partial charge in [-0.25, -0.2) is 0 Å². The molecule has 0 bridgehead atoms. The van der Waals surface area contributed by atoms with Crippen molar-refractivity contribution in [2.75, 3.05) is 0 Å². The summed E-state index contributed by atoms with van der Waals surface area (Å²) >= 11 is 6.46. The summed E-state index contributed by atoms with van der Waals surface area (Å²) in [7, 11) is 0. The highest BCUT2D eigenvalue weighted by molar-refractivity contribution is 6.20. The predicted octanol–water partition coefficient (Wildman–Crippen LogP) is 5.21. The molecule has 4 rings (SSSR count). The van der Waals surface area contributed by atoms with Crippen molar-refractivity contribution in [3.8, 4) is 0 Å². The minimum Gasteiger partial charge on any atom is -0.299 e. The quantitative estimate of drug-likeness (QED) is 0.562. The Morgan fingerprint density at radius 2 is 1.81 bits per heavy atom. The molecule has 2 heteroatoms. The van der Waals surface area contributed by atoms with Crippen LogP contribution in [0.2, 0.25) is 0 Å². The highest BCUT2D eigenvalue weighted by Gasteiger charge is 2.60. The average Bonchev–Trinajstić information content (AvgIpc) is 2.76. The first-order valence-corrected chi connectivity index (χ1v) is 9.56.